The molecule has 16 heavy (non-hydrogen) atoms. The number of aliphatic hydroxyl groups excluding tert-OH is 2. The third-order valence-corrected chi connectivity index (χ3v) is 2.46. The van der Waals surface area contributed by atoms with Crippen LogP contribution in [-0.2, 0) is 0 Å². The molecule has 0 saturated heterocycles. The fourth-order valence-corrected chi connectivity index (χ4v) is 1.57. The van der Waals surface area contributed by atoms with Crippen LogP contribution in [0.5, 0.6) is 0 Å². The number of benzene rings is 1. The van der Waals surface area contributed by atoms with E-state index in [1.165, 1.54) is 0 Å². The molecule has 0 saturated carbocycles. The van der Waals surface area contributed by atoms with Gasteiger partial charge in [-0.25, -0.2) is 0 Å². The fraction of sp³-hybridized carbons (Fsp3) is 0.417. The molecule has 1 atom stereocenters. The van der Waals surface area contributed by atoms with Gasteiger partial charge in [-0.05, 0) is 19.1 Å². The van der Waals surface area contributed by atoms with Crippen LogP contribution < -0.4 is 4.90 Å². The molecule has 0 aliphatic carbocycles. The largest absolute Gasteiger partial charge is 0.395 e. The zero-order chi connectivity index (χ0) is 12.1. The van der Waals surface area contributed by atoms with Crippen LogP contribution in [0.15, 0.2) is 18.2 Å². The Kier molecular flexibility index (Phi) is 4.29. The molecule has 1 unspecified atom stereocenters. The van der Waals surface area contributed by atoms with Crippen molar-refractivity contribution < 1.29 is 10.2 Å². The van der Waals surface area contributed by atoms with Crippen LogP contribution in [0.3, 0.4) is 0 Å². The Morgan fingerprint density at radius 2 is 2.19 bits per heavy atom. The van der Waals surface area contributed by atoms with Crippen molar-refractivity contribution in [1.82, 2.24) is 0 Å². The van der Waals surface area contributed by atoms with Crippen molar-refractivity contribution in [3.8, 4) is 6.07 Å². The lowest BCUT2D eigenvalue weighted by Crippen LogP contribution is -2.23. The summed E-state index contributed by atoms with van der Waals surface area (Å²) in [6.07, 6.45) is -0.594. The number of hydrogen-bond acceptors (Lipinski definition) is 4. The molecular formula is C12H16N2O2. The monoisotopic (exact) mass is 220 g/mol. The summed E-state index contributed by atoms with van der Waals surface area (Å²) in [5.41, 5.74) is 2.09. The average molecular weight is 220 g/mol. The molecule has 0 aliphatic rings. The highest BCUT2D eigenvalue weighted by molar-refractivity contribution is 5.58. The van der Waals surface area contributed by atoms with Crippen molar-refractivity contribution in [3.05, 3.63) is 29.3 Å². The maximum Gasteiger partial charge on any atom is 0.0992 e. The SMILES string of the molecule is CC(O)c1ccc(C#N)cc1N(C)CCO. The van der Waals surface area contributed by atoms with Gasteiger partial charge in [0.1, 0.15) is 0 Å². The molecule has 4 nitrogen and oxygen atoms in total. The van der Waals surface area contributed by atoms with Gasteiger partial charge in [-0.3, -0.25) is 0 Å². The maximum atomic E-state index is 9.61. The summed E-state index contributed by atoms with van der Waals surface area (Å²) in [7, 11) is 1.82. The van der Waals surface area contributed by atoms with Gasteiger partial charge in [0.25, 0.3) is 0 Å². The number of nitriles is 1. The summed E-state index contributed by atoms with van der Waals surface area (Å²) in [5.74, 6) is 0. The molecule has 0 bridgehead atoms. The Bertz CT molecular complexity index is 396. The van der Waals surface area contributed by atoms with Gasteiger partial charge < -0.3 is 15.1 Å². The highest BCUT2D eigenvalue weighted by Gasteiger charge is 2.12. The van der Waals surface area contributed by atoms with E-state index in [2.05, 4.69) is 6.07 Å². The van der Waals surface area contributed by atoms with E-state index in [-0.39, 0.29) is 6.61 Å². The third-order valence-electron chi connectivity index (χ3n) is 2.46. The zero-order valence-electron chi connectivity index (χ0n) is 9.51. The molecule has 86 valence electrons. The number of rotatable bonds is 4. The molecule has 0 aliphatic heterocycles. The van der Waals surface area contributed by atoms with Gasteiger partial charge in [-0.15, -0.1) is 0 Å². The van der Waals surface area contributed by atoms with Crippen LogP contribution in [0.25, 0.3) is 0 Å². The lowest BCUT2D eigenvalue weighted by atomic mass is 10.0. The number of likely N-dealkylation sites (N-methyl/N-ethyl adjacent to an activating group) is 1. The molecule has 0 amide bonds. The lowest BCUT2D eigenvalue weighted by molar-refractivity contribution is 0.199. The Morgan fingerprint density at radius 1 is 1.50 bits per heavy atom. The molecule has 0 heterocycles. The van der Waals surface area contributed by atoms with Crippen LogP contribution in [0.4, 0.5) is 5.69 Å². The summed E-state index contributed by atoms with van der Waals surface area (Å²) < 4.78 is 0. The predicted octanol–water partition coefficient (Wildman–Crippen LogP) is 1.04. The van der Waals surface area contributed by atoms with E-state index in [1.807, 2.05) is 11.9 Å². The van der Waals surface area contributed by atoms with Gasteiger partial charge in [0.05, 0.1) is 24.3 Å². The van der Waals surface area contributed by atoms with Crippen molar-refractivity contribution in [2.75, 3.05) is 25.1 Å². The summed E-state index contributed by atoms with van der Waals surface area (Å²) in [4.78, 5) is 1.82. The Balaban J connectivity index is 3.15. The van der Waals surface area contributed by atoms with Gasteiger partial charge in [-0.2, -0.15) is 5.26 Å². The van der Waals surface area contributed by atoms with Crippen molar-refractivity contribution in [1.29, 1.82) is 5.26 Å². The summed E-state index contributed by atoms with van der Waals surface area (Å²) >= 11 is 0. The van der Waals surface area contributed by atoms with Crippen LogP contribution >= 0.6 is 0 Å². The first kappa shape index (κ1) is 12.5. The van der Waals surface area contributed by atoms with E-state index in [1.54, 1.807) is 25.1 Å². The number of nitrogens with zero attached hydrogens (tertiary/aromatic N) is 2. The molecule has 1 aromatic carbocycles. The van der Waals surface area contributed by atoms with Crippen molar-refractivity contribution in [2.24, 2.45) is 0 Å². The van der Waals surface area contributed by atoms with Gasteiger partial charge in [0.15, 0.2) is 0 Å². The molecule has 1 aromatic rings. The molecule has 0 fully saturated rings. The first-order valence-electron chi connectivity index (χ1n) is 5.14. The maximum absolute atomic E-state index is 9.61. The second-order valence-electron chi connectivity index (χ2n) is 3.71. The molecule has 0 aromatic heterocycles. The molecule has 4 heteroatoms. The second kappa shape index (κ2) is 5.50. The quantitative estimate of drug-likeness (QED) is 0.795. The Morgan fingerprint density at radius 3 is 2.69 bits per heavy atom. The molecule has 0 radical (unpaired) electrons. The summed E-state index contributed by atoms with van der Waals surface area (Å²) in [6.45, 7) is 2.18. The summed E-state index contributed by atoms with van der Waals surface area (Å²) in [5, 5.41) is 27.3. The molecule has 2 N–H and O–H groups in total. The first-order valence-corrected chi connectivity index (χ1v) is 5.14. The van der Waals surface area contributed by atoms with E-state index in [9.17, 15) is 5.11 Å². The number of aliphatic hydroxyl groups is 2. The predicted molar refractivity (Wildman–Crippen MR) is 62.1 cm³/mol. The topological polar surface area (TPSA) is 67.5 Å². The van der Waals surface area contributed by atoms with E-state index in [0.29, 0.717) is 12.1 Å². The second-order valence-corrected chi connectivity index (χ2v) is 3.71. The van der Waals surface area contributed by atoms with Crippen molar-refractivity contribution >= 4 is 5.69 Å². The van der Waals surface area contributed by atoms with Crippen LogP contribution in [0, 0.1) is 11.3 Å². The van der Waals surface area contributed by atoms with Crippen molar-refractivity contribution in [3.63, 3.8) is 0 Å². The van der Waals surface area contributed by atoms with Gasteiger partial charge in [0.2, 0.25) is 0 Å². The minimum absolute atomic E-state index is 0.0343. The zero-order valence-corrected chi connectivity index (χ0v) is 9.51. The smallest absolute Gasteiger partial charge is 0.0992 e. The Labute approximate surface area is 95.4 Å². The Hall–Kier alpha value is -1.57. The van der Waals surface area contributed by atoms with Crippen LogP contribution in [-0.4, -0.2) is 30.4 Å². The highest BCUT2D eigenvalue weighted by Crippen LogP contribution is 2.26. The highest BCUT2D eigenvalue weighted by atomic mass is 16.3. The van der Waals surface area contributed by atoms with Crippen LogP contribution in [0.1, 0.15) is 24.2 Å². The number of anilines is 1. The first-order chi connectivity index (χ1) is 7.60. The van der Waals surface area contributed by atoms with Gasteiger partial charge in [0, 0.05) is 24.8 Å². The minimum atomic E-state index is -0.594. The lowest BCUT2D eigenvalue weighted by Gasteiger charge is -2.23. The van der Waals surface area contributed by atoms with E-state index in [4.69, 9.17) is 10.4 Å². The summed E-state index contributed by atoms with van der Waals surface area (Å²) in [6, 6.07) is 7.20. The van der Waals surface area contributed by atoms with E-state index in [0.717, 1.165) is 11.3 Å². The van der Waals surface area contributed by atoms with E-state index >= 15 is 0 Å². The van der Waals surface area contributed by atoms with Crippen molar-refractivity contribution in [2.45, 2.75) is 13.0 Å². The number of hydrogen-bond donors (Lipinski definition) is 2. The molecule has 0 spiro atoms. The van der Waals surface area contributed by atoms with Crippen LogP contribution in [0.2, 0.25) is 0 Å². The normalized spacial score (nSPS) is 11.9. The van der Waals surface area contributed by atoms with Gasteiger partial charge in [-0.1, -0.05) is 6.07 Å². The average Bonchev–Trinajstić information content (AvgIpc) is 2.28. The van der Waals surface area contributed by atoms with Gasteiger partial charge >= 0.3 is 0 Å². The fourth-order valence-electron chi connectivity index (χ4n) is 1.57. The standard InChI is InChI=1S/C12H16N2O2/c1-9(16)11-4-3-10(8-13)7-12(11)14(2)5-6-15/h3-4,7,9,15-16H,5-6H2,1-2H3. The van der Waals surface area contributed by atoms with E-state index < -0.39 is 6.10 Å². The molecule has 1 rings (SSSR count). The third kappa shape index (κ3) is 2.72. The minimum Gasteiger partial charge on any atom is -0.395 e. The molecular weight excluding hydrogens is 204 g/mol.